The van der Waals surface area contributed by atoms with Crippen LogP contribution in [0.4, 0.5) is 4.79 Å². The molecule has 2 aliphatic rings. The lowest BCUT2D eigenvalue weighted by Crippen LogP contribution is -2.47. The molecule has 2 fully saturated rings. The lowest BCUT2D eigenvalue weighted by atomic mass is 9.80. The zero-order valence-electron chi connectivity index (χ0n) is 15.2. The van der Waals surface area contributed by atoms with Gasteiger partial charge in [0.15, 0.2) is 0 Å². The molecule has 1 aliphatic carbocycles. The van der Waals surface area contributed by atoms with E-state index in [1.54, 1.807) is 4.90 Å². The van der Waals surface area contributed by atoms with Gasteiger partial charge >= 0.3 is 6.09 Å². The zero-order chi connectivity index (χ0) is 19.2. The lowest BCUT2D eigenvalue weighted by molar-refractivity contribution is 0.0144. The molecule has 0 radical (unpaired) electrons. The van der Waals surface area contributed by atoms with Crippen molar-refractivity contribution in [2.24, 2.45) is 10.5 Å². The molecule has 1 heterocycles. The summed E-state index contributed by atoms with van der Waals surface area (Å²) in [6.07, 6.45) is 1.35. The molecule has 1 N–H and O–H groups in total. The fraction of sp³-hybridized carbons (Fsp3) is 0.611. The average molecular weight is 398 g/mol. The Balaban J connectivity index is 1.87. The Labute approximate surface area is 163 Å². The van der Waals surface area contributed by atoms with Crippen LogP contribution in [-0.2, 0) is 10.2 Å². The molecule has 1 aromatic carbocycles. The predicted octanol–water partition coefficient (Wildman–Crippen LogP) is 4.81. The van der Waals surface area contributed by atoms with E-state index < -0.39 is 5.60 Å². The highest BCUT2D eigenvalue weighted by atomic mass is 35.5. The molecule has 26 heavy (non-hydrogen) atoms. The maximum absolute atomic E-state index is 12.5. The lowest BCUT2D eigenvalue weighted by Gasteiger charge is -2.37. The van der Waals surface area contributed by atoms with Crippen LogP contribution in [0, 0.1) is 10.9 Å². The maximum Gasteiger partial charge on any atom is 0.410 e. The summed E-state index contributed by atoms with van der Waals surface area (Å²) in [4.78, 5) is 17.4. The van der Waals surface area contributed by atoms with Gasteiger partial charge in [0.1, 0.15) is 22.8 Å². The van der Waals surface area contributed by atoms with Gasteiger partial charge in [-0.3, -0.25) is 0 Å². The van der Waals surface area contributed by atoms with E-state index in [-0.39, 0.29) is 16.9 Å². The molecule has 6 nitrogen and oxygen atoms in total. The van der Waals surface area contributed by atoms with Crippen molar-refractivity contribution in [3.05, 3.63) is 33.8 Å². The van der Waals surface area contributed by atoms with Crippen LogP contribution < -0.4 is 4.91 Å². The van der Waals surface area contributed by atoms with Crippen LogP contribution in [-0.4, -0.2) is 36.2 Å². The predicted molar refractivity (Wildman–Crippen MR) is 99.8 cm³/mol. The van der Waals surface area contributed by atoms with E-state index in [0.29, 0.717) is 29.7 Å². The number of amides is 1. The highest BCUT2D eigenvalue weighted by Crippen LogP contribution is 2.69. The molecule has 140 valence electrons. The van der Waals surface area contributed by atoms with Crippen molar-refractivity contribution in [2.45, 2.75) is 44.6 Å². The molecule has 1 aliphatic heterocycles. The highest BCUT2D eigenvalue weighted by Gasteiger charge is 2.71. The van der Waals surface area contributed by atoms with Crippen LogP contribution in [0.15, 0.2) is 23.3 Å². The standard InChI is InChI=1S/C18H23Cl2N4O2/c1-16(2,3)26-15(25)24-7-6-18(9-17(18,11-24)10-22-23-21)12-4-5-13(19)14(20)8-12/h4-5,8,21H,6-7,9-11H2,1-3H3/q+1. The summed E-state index contributed by atoms with van der Waals surface area (Å²) in [6.45, 7) is 7.11. The van der Waals surface area contributed by atoms with Crippen LogP contribution in [0.1, 0.15) is 39.2 Å². The number of carbonyl (C=O) groups is 1. The van der Waals surface area contributed by atoms with E-state index in [0.717, 1.165) is 18.4 Å². The molecule has 2 unspecified atom stereocenters. The van der Waals surface area contributed by atoms with Gasteiger partial charge < -0.3 is 9.64 Å². The first-order valence-electron chi connectivity index (χ1n) is 8.59. The maximum atomic E-state index is 12.5. The SMILES string of the molecule is CC(C)(C)OC(=O)N1CCC2(c3ccc(Cl)c(Cl)c3)CC2(CN=[N+]=N)C1. The molecular weight excluding hydrogens is 375 g/mol. The molecule has 2 atom stereocenters. The summed E-state index contributed by atoms with van der Waals surface area (Å²) >= 11 is 12.3. The van der Waals surface area contributed by atoms with Crippen LogP contribution in [0.5, 0.6) is 0 Å². The van der Waals surface area contributed by atoms with Crippen LogP contribution in [0.25, 0.3) is 0 Å². The minimum absolute atomic E-state index is 0.117. The number of piperidine rings is 1. The number of hydrogen-bond donors (Lipinski definition) is 1. The van der Waals surface area contributed by atoms with E-state index in [9.17, 15) is 4.79 Å². The average Bonchev–Trinajstić information content (AvgIpc) is 3.23. The molecular formula is C18H23Cl2N4O2+. The first kappa shape index (κ1) is 19.2. The summed E-state index contributed by atoms with van der Waals surface area (Å²) < 4.78 is 5.52. The fourth-order valence-electron chi connectivity index (χ4n) is 4.12. The van der Waals surface area contributed by atoms with Gasteiger partial charge in [0.2, 0.25) is 4.91 Å². The highest BCUT2D eigenvalue weighted by molar-refractivity contribution is 6.42. The molecule has 0 aromatic heterocycles. The topological polar surface area (TPSA) is 79.8 Å². The van der Waals surface area contributed by atoms with Crippen LogP contribution in [0.3, 0.4) is 0 Å². The first-order chi connectivity index (χ1) is 12.1. The van der Waals surface area contributed by atoms with Crippen molar-refractivity contribution < 1.29 is 9.53 Å². The minimum atomic E-state index is -0.535. The number of halogens is 2. The molecule has 3 rings (SSSR count). The molecule has 0 bridgehead atoms. The number of carbonyl (C=O) groups excluding carboxylic acids is 1. The summed E-state index contributed by atoms with van der Waals surface area (Å²) in [5.41, 5.74) is 7.23. The summed E-state index contributed by atoms with van der Waals surface area (Å²) in [6, 6.07) is 5.72. The fourth-order valence-corrected chi connectivity index (χ4v) is 4.42. The van der Waals surface area contributed by atoms with Gasteiger partial charge in [-0.1, -0.05) is 29.3 Å². The van der Waals surface area contributed by atoms with Gasteiger partial charge in [0, 0.05) is 23.9 Å². The van der Waals surface area contributed by atoms with Crippen molar-refractivity contribution in [1.82, 2.24) is 9.81 Å². The Morgan fingerprint density at radius 1 is 1.38 bits per heavy atom. The van der Waals surface area contributed by atoms with Gasteiger partial charge in [0.25, 0.3) is 0 Å². The number of ether oxygens (including phenoxy) is 1. The number of likely N-dealkylation sites (tertiary alicyclic amines) is 1. The van der Waals surface area contributed by atoms with Crippen molar-refractivity contribution in [3.63, 3.8) is 0 Å². The van der Waals surface area contributed by atoms with Crippen LogP contribution >= 0.6 is 23.2 Å². The van der Waals surface area contributed by atoms with E-state index >= 15 is 0 Å². The molecule has 1 amide bonds. The monoisotopic (exact) mass is 397 g/mol. The van der Waals surface area contributed by atoms with E-state index in [1.807, 2.05) is 39.0 Å². The van der Waals surface area contributed by atoms with E-state index in [1.165, 1.54) is 0 Å². The van der Waals surface area contributed by atoms with Crippen molar-refractivity contribution in [1.29, 1.82) is 5.53 Å². The number of nitrogens with one attached hydrogen (secondary N) is 1. The number of fused-ring (bicyclic) bond motifs is 1. The van der Waals surface area contributed by atoms with Gasteiger partial charge in [-0.25, -0.2) is 4.79 Å². The van der Waals surface area contributed by atoms with E-state index in [2.05, 4.69) is 10.0 Å². The molecule has 1 saturated heterocycles. The minimum Gasteiger partial charge on any atom is -0.444 e. The summed E-state index contributed by atoms with van der Waals surface area (Å²) in [5, 5.41) is 4.99. The third-order valence-electron chi connectivity index (χ3n) is 5.40. The Hall–Kier alpha value is -1.62. The number of nitrogens with zero attached hydrogens (tertiary/aromatic N) is 3. The van der Waals surface area contributed by atoms with Gasteiger partial charge in [-0.2, -0.15) is 0 Å². The zero-order valence-corrected chi connectivity index (χ0v) is 16.7. The van der Waals surface area contributed by atoms with Crippen molar-refractivity contribution in [3.8, 4) is 0 Å². The van der Waals surface area contributed by atoms with E-state index in [4.69, 9.17) is 33.5 Å². The molecule has 1 saturated carbocycles. The van der Waals surface area contributed by atoms with Crippen molar-refractivity contribution >= 4 is 29.3 Å². The second kappa shape index (κ2) is 6.52. The van der Waals surface area contributed by atoms with Crippen LogP contribution in [0.2, 0.25) is 10.0 Å². The second-order valence-corrected chi connectivity index (χ2v) is 9.03. The Kier molecular flexibility index (Phi) is 4.80. The van der Waals surface area contributed by atoms with Crippen molar-refractivity contribution in [2.75, 3.05) is 19.6 Å². The third-order valence-corrected chi connectivity index (χ3v) is 6.14. The number of hydrogen-bond acceptors (Lipinski definition) is 4. The summed E-state index contributed by atoms with van der Waals surface area (Å²) in [7, 11) is 0. The quantitative estimate of drug-likeness (QED) is 0.586. The third kappa shape index (κ3) is 3.34. The molecule has 8 heteroatoms. The van der Waals surface area contributed by atoms with Gasteiger partial charge in [-0.15, -0.1) is 0 Å². The Morgan fingerprint density at radius 2 is 2.12 bits per heavy atom. The molecule has 0 spiro atoms. The first-order valence-corrected chi connectivity index (χ1v) is 9.35. The second-order valence-electron chi connectivity index (χ2n) is 8.22. The number of benzene rings is 1. The number of rotatable bonds is 3. The summed E-state index contributed by atoms with van der Waals surface area (Å²) in [5.74, 6) is 0. The smallest absolute Gasteiger partial charge is 0.410 e. The Morgan fingerprint density at radius 3 is 2.73 bits per heavy atom. The van der Waals surface area contributed by atoms with Gasteiger partial charge in [0.05, 0.1) is 10.0 Å². The largest absolute Gasteiger partial charge is 0.444 e. The Bertz CT molecular complexity index is 788. The van der Waals surface area contributed by atoms with Gasteiger partial charge in [-0.05, 0) is 51.3 Å². The molecule has 1 aromatic rings. The normalized spacial score (nSPS) is 27.3.